The van der Waals surface area contributed by atoms with Gasteiger partial charge in [0, 0.05) is 38.3 Å². The first-order chi connectivity index (χ1) is 17.1. The van der Waals surface area contributed by atoms with Crippen molar-refractivity contribution in [2.75, 3.05) is 37.7 Å². The fourth-order valence-electron chi connectivity index (χ4n) is 4.92. The van der Waals surface area contributed by atoms with Crippen LogP contribution in [-0.2, 0) is 9.53 Å². The molecule has 3 heterocycles. The van der Waals surface area contributed by atoms with Crippen molar-refractivity contribution in [3.63, 3.8) is 0 Å². The van der Waals surface area contributed by atoms with Gasteiger partial charge in [-0.1, -0.05) is 24.3 Å². The van der Waals surface area contributed by atoms with Gasteiger partial charge in [-0.05, 0) is 50.5 Å². The number of hydrogen-bond acceptors (Lipinski definition) is 7. The third-order valence-corrected chi connectivity index (χ3v) is 7.94. The molecule has 2 aliphatic rings. The van der Waals surface area contributed by atoms with E-state index in [9.17, 15) is 9.59 Å². The number of para-hydroxylation sites is 1. The van der Waals surface area contributed by atoms with Crippen LogP contribution in [0, 0.1) is 5.92 Å². The fraction of sp³-hybridized carbons (Fsp3) is 0.407. The maximum absolute atomic E-state index is 13.7. The van der Waals surface area contributed by atoms with E-state index < -0.39 is 0 Å². The number of anilines is 1. The Bertz CT molecular complexity index is 1190. The Morgan fingerprint density at radius 3 is 2.71 bits per heavy atom. The van der Waals surface area contributed by atoms with Crippen LogP contribution in [0.5, 0.6) is 0 Å². The number of allylic oxidation sites excluding steroid dienone is 2. The van der Waals surface area contributed by atoms with Gasteiger partial charge in [0.1, 0.15) is 5.82 Å². The van der Waals surface area contributed by atoms with Gasteiger partial charge in [0.2, 0.25) is 5.91 Å². The lowest BCUT2D eigenvalue weighted by atomic mass is 9.82. The average molecular weight is 491 g/mol. The van der Waals surface area contributed by atoms with Crippen molar-refractivity contribution in [1.82, 2.24) is 14.9 Å². The number of carbonyl (C=O) groups is 2. The van der Waals surface area contributed by atoms with E-state index in [1.807, 2.05) is 29.2 Å². The molecule has 1 aliphatic carbocycles. The molecule has 7 nitrogen and oxygen atoms in total. The first kappa shape index (κ1) is 23.5. The van der Waals surface area contributed by atoms with E-state index in [0.29, 0.717) is 25.3 Å². The molecule has 0 N–H and O–H groups in total. The first-order valence-corrected chi connectivity index (χ1v) is 13.1. The van der Waals surface area contributed by atoms with Crippen LogP contribution in [0.3, 0.4) is 0 Å². The van der Waals surface area contributed by atoms with Gasteiger partial charge in [0.25, 0.3) is 0 Å². The molecular weight excluding hydrogens is 460 g/mol. The number of carbonyl (C=O) groups excluding carboxylic acids is 2. The summed E-state index contributed by atoms with van der Waals surface area (Å²) in [6, 6.07) is 11.8. The molecule has 1 saturated heterocycles. The lowest BCUT2D eigenvalue weighted by Crippen LogP contribution is -2.41. The number of benzene rings is 1. The third kappa shape index (κ3) is 5.07. The molecule has 35 heavy (non-hydrogen) atoms. The summed E-state index contributed by atoms with van der Waals surface area (Å²) in [4.78, 5) is 39.2. The molecule has 0 unspecified atom stereocenters. The molecule has 2 atom stereocenters. The van der Waals surface area contributed by atoms with Crippen LogP contribution in [0.25, 0.3) is 10.2 Å². The van der Waals surface area contributed by atoms with Crippen molar-refractivity contribution >= 4 is 39.2 Å². The number of pyridine rings is 1. The summed E-state index contributed by atoms with van der Waals surface area (Å²) in [7, 11) is 0. The zero-order valence-corrected chi connectivity index (χ0v) is 20.7. The maximum Gasteiger partial charge on any atom is 0.339 e. The van der Waals surface area contributed by atoms with Gasteiger partial charge in [-0.15, -0.1) is 11.3 Å². The minimum absolute atomic E-state index is 0.0749. The van der Waals surface area contributed by atoms with Crippen molar-refractivity contribution in [2.45, 2.75) is 32.1 Å². The molecule has 1 amide bonds. The molecule has 0 saturated carbocycles. The van der Waals surface area contributed by atoms with E-state index >= 15 is 0 Å². The van der Waals surface area contributed by atoms with Crippen molar-refractivity contribution in [3.8, 4) is 0 Å². The van der Waals surface area contributed by atoms with Gasteiger partial charge < -0.3 is 14.5 Å². The Kier molecular flexibility index (Phi) is 7.08. The topological polar surface area (TPSA) is 75.6 Å². The number of fused-ring (bicyclic) bond motifs is 1. The second kappa shape index (κ2) is 10.6. The summed E-state index contributed by atoms with van der Waals surface area (Å²) < 4.78 is 6.22. The van der Waals surface area contributed by atoms with Crippen molar-refractivity contribution in [1.29, 1.82) is 0 Å². The summed E-state index contributed by atoms with van der Waals surface area (Å²) in [5, 5.41) is 1.07. The number of amides is 1. The first-order valence-electron chi connectivity index (χ1n) is 12.3. The molecule has 1 aliphatic heterocycles. The van der Waals surface area contributed by atoms with Crippen LogP contribution in [0.1, 0.15) is 47.5 Å². The predicted molar refractivity (Wildman–Crippen MR) is 138 cm³/mol. The molecule has 3 aromatic rings. The van der Waals surface area contributed by atoms with E-state index in [1.165, 1.54) is 4.70 Å². The lowest BCUT2D eigenvalue weighted by molar-refractivity contribution is -0.136. The molecule has 2 aromatic heterocycles. The molecule has 0 bridgehead atoms. The highest BCUT2D eigenvalue weighted by Gasteiger charge is 2.35. The Labute approximate surface area is 209 Å². The predicted octanol–water partition coefficient (Wildman–Crippen LogP) is 4.66. The van der Waals surface area contributed by atoms with Gasteiger partial charge in [-0.25, -0.2) is 14.8 Å². The average Bonchev–Trinajstić information content (AvgIpc) is 3.18. The van der Waals surface area contributed by atoms with Crippen molar-refractivity contribution in [2.24, 2.45) is 5.92 Å². The smallest absolute Gasteiger partial charge is 0.339 e. The molecule has 1 aromatic carbocycles. The van der Waals surface area contributed by atoms with Crippen LogP contribution in [-0.4, -0.2) is 59.5 Å². The Hall–Kier alpha value is -3.26. The highest BCUT2D eigenvalue weighted by atomic mass is 32.1. The molecular formula is C27H30N4O3S. The molecule has 1 fully saturated rings. The molecule has 0 radical (unpaired) electrons. The van der Waals surface area contributed by atoms with Gasteiger partial charge in [0.05, 0.1) is 33.3 Å². The summed E-state index contributed by atoms with van der Waals surface area (Å²) >= 11 is 1.71. The van der Waals surface area contributed by atoms with Gasteiger partial charge in [-0.3, -0.25) is 4.79 Å². The van der Waals surface area contributed by atoms with E-state index in [4.69, 9.17) is 9.72 Å². The summed E-state index contributed by atoms with van der Waals surface area (Å²) in [5.41, 5.74) is 1.47. The largest absolute Gasteiger partial charge is 0.462 e. The maximum atomic E-state index is 13.7. The number of nitrogens with zero attached hydrogens (tertiary/aromatic N) is 4. The number of hydrogen-bond donors (Lipinski definition) is 0. The second-order valence-corrected chi connectivity index (χ2v) is 10.0. The lowest BCUT2D eigenvalue weighted by Gasteiger charge is -2.31. The van der Waals surface area contributed by atoms with Crippen LogP contribution < -0.4 is 4.90 Å². The monoisotopic (exact) mass is 490 g/mol. The quantitative estimate of drug-likeness (QED) is 0.383. The third-order valence-electron chi connectivity index (χ3n) is 6.77. The zero-order valence-electron chi connectivity index (χ0n) is 19.9. The van der Waals surface area contributed by atoms with E-state index in [0.717, 1.165) is 48.7 Å². The van der Waals surface area contributed by atoms with Crippen molar-refractivity contribution in [3.05, 3.63) is 65.3 Å². The molecule has 182 valence electrons. The van der Waals surface area contributed by atoms with Crippen LogP contribution >= 0.6 is 11.3 Å². The molecule has 0 spiro atoms. The molecule has 8 heteroatoms. The van der Waals surface area contributed by atoms with Crippen LogP contribution in [0.2, 0.25) is 0 Å². The Balaban J connectivity index is 1.26. The van der Waals surface area contributed by atoms with E-state index in [-0.39, 0.29) is 23.7 Å². The normalized spacial score (nSPS) is 20.6. The highest BCUT2D eigenvalue weighted by Crippen LogP contribution is 2.39. The number of ether oxygens (including phenoxy) is 1. The van der Waals surface area contributed by atoms with Gasteiger partial charge in [-0.2, -0.15) is 0 Å². The summed E-state index contributed by atoms with van der Waals surface area (Å²) in [6.45, 7) is 5.06. The number of thiazole rings is 1. The molecule has 5 rings (SSSR count). The fourth-order valence-corrected chi connectivity index (χ4v) is 6.06. The van der Waals surface area contributed by atoms with E-state index in [1.54, 1.807) is 30.5 Å². The number of esters is 1. The SMILES string of the molecule is CCOC(=O)c1ccc(N2CCCN(C(=O)[C@@H]3CC=CC[C@@H]3c3nc4ccccc4s3)CC2)nc1. The second-order valence-electron chi connectivity index (χ2n) is 8.97. The van der Waals surface area contributed by atoms with E-state index in [2.05, 4.69) is 28.1 Å². The Morgan fingerprint density at radius 2 is 1.91 bits per heavy atom. The van der Waals surface area contributed by atoms with Gasteiger partial charge in [0.15, 0.2) is 0 Å². The van der Waals surface area contributed by atoms with Crippen LogP contribution in [0.4, 0.5) is 5.82 Å². The zero-order chi connectivity index (χ0) is 24.2. The van der Waals surface area contributed by atoms with Gasteiger partial charge >= 0.3 is 5.97 Å². The summed E-state index contributed by atoms with van der Waals surface area (Å²) in [5.74, 6) is 0.741. The number of aromatic nitrogens is 2. The summed E-state index contributed by atoms with van der Waals surface area (Å²) in [6.07, 6.45) is 8.39. The number of rotatable bonds is 5. The highest BCUT2D eigenvalue weighted by molar-refractivity contribution is 7.18. The minimum atomic E-state index is -0.358. The standard InChI is InChI=1S/C27H30N4O3S/c1-2-34-27(33)19-12-13-24(28-18-19)30-14-7-15-31(17-16-30)26(32)21-9-4-3-8-20(21)25-29-22-10-5-6-11-23(22)35-25/h3-6,10-13,18,20-21H,2,7-9,14-17H2,1H3/t20-,21+/m0/s1. The van der Waals surface area contributed by atoms with Crippen molar-refractivity contribution < 1.29 is 14.3 Å². The Morgan fingerprint density at radius 1 is 1.06 bits per heavy atom. The minimum Gasteiger partial charge on any atom is -0.462 e. The van der Waals surface area contributed by atoms with Crippen LogP contribution in [0.15, 0.2) is 54.7 Å².